The van der Waals surface area contributed by atoms with Crippen LogP contribution in [-0.2, 0) is 0 Å². The molecule has 1 aromatic rings. The van der Waals surface area contributed by atoms with Gasteiger partial charge in [0.05, 0.1) is 12.6 Å². The van der Waals surface area contributed by atoms with Crippen molar-refractivity contribution in [3.8, 4) is 0 Å². The van der Waals surface area contributed by atoms with Gasteiger partial charge in [0.15, 0.2) is 5.78 Å². The molecule has 1 aliphatic heterocycles. The van der Waals surface area contributed by atoms with Crippen molar-refractivity contribution in [2.75, 3.05) is 19.6 Å². The number of hydrogen-bond donors (Lipinski definition) is 2. The van der Waals surface area contributed by atoms with Crippen molar-refractivity contribution in [1.29, 1.82) is 0 Å². The Labute approximate surface area is 113 Å². The highest BCUT2D eigenvalue weighted by atomic mass is 16.3. The number of aromatic amines is 1. The summed E-state index contributed by atoms with van der Waals surface area (Å²) in [4.78, 5) is 17.7. The second-order valence-corrected chi connectivity index (χ2v) is 6.18. The Morgan fingerprint density at radius 2 is 2.21 bits per heavy atom. The zero-order chi connectivity index (χ0) is 13.6. The van der Waals surface area contributed by atoms with E-state index in [-0.39, 0.29) is 11.9 Å². The molecule has 1 saturated carbocycles. The topological polar surface area (TPSA) is 56.3 Å². The number of carbonyl (C=O) groups is 1. The van der Waals surface area contributed by atoms with Crippen LogP contribution in [0.3, 0.4) is 0 Å². The lowest BCUT2D eigenvalue weighted by Gasteiger charge is -2.16. The van der Waals surface area contributed by atoms with Crippen LogP contribution in [0, 0.1) is 25.7 Å². The van der Waals surface area contributed by atoms with Gasteiger partial charge in [0, 0.05) is 36.0 Å². The van der Waals surface area contributed by atoms with Crippen LogP contribution in [-0.4, -0.2) is 46.5 Å². The van der Waals surface area contributed by atoms with Crippen LogP contribution in [0.1, 0.15) is 34.6 Å². The fraction of sp³-hybridized carbons (Fsp3) is 0.667. The molecule has 0 radical (unpaired) electrons. The lowest BCUT2D eigenvalue weighted by Crippen LogP contribution is -2.30. The van der Waals surface area contributed by atoms with Crippen molar-refractivity contribution in [2.24, 2.45) is 11.8 Å². The first-order valence-corrected chi connectivity index (χ1v) is 7.14. The third kappa shape index (κ3) is 2.35. The molecule has 0 bridgehead atoms. The molecule has 0 aromatic carbocycles. The van der Waals surface area contributed by atoms with Crippen molar-refractivity contribution in [2.45, 2.75) is 32.8 Å². The predicted octanol–water partition coefficient (Wildman–Crippen LogP) is 1.52. The summed E-state index contributed by atoms with van der Waals surface area (Å²) in [6.07, 6.45) is 1.90. The molecule has 2 heterocycles. The average molecular weight is 262 g/mol. The van der Waals surface area contributed by atoms with E-state index in [1.54, 1.807) is 0 Å². The second-order valence-electron chi connectivity index (χ2n) is 6.18. The van der Waals surface area contributed by atoms with E-state index >= 15 is 0 Å². The lowest BCUT2D eigenvalue weighted by atomic mass is 10.00. The number of Topliss-reactive ketones (excluding diaryl/α,β-unsaturated/α-hetero) is 1. The van der Waals surface area contributed by atoms with Gasteiger partial charge in [-0.15, -0.1) is 0 Å². The summed E-state index contributed by atoms with van der Waals surface area (Å²) in [5.41, 5.74) is 2.81. The molecule has 0 amide bonds. The molecule has 1 aromatic heterocycles. The molecule has 104 valence electrons. The van der Waals surface area contributed by atoms with Crippen LogP contribution in [0.5, 0.6) is 0 Å². The Hall–Kier alpha value is -1.13. The van der Waals surface area contributed by atoms with Crippen molar-refractivity contribution in [3.05, 3.63) is 23.0 Å². The summed E-state index contributed by atoms with van der Waals surface area (Å²) in [5.74, 6) is 1.18. The van der Waals surface area contributed by atoms with Crippen LogP contribution in [0.25, 0.3) is 0 Å². The molecule has 2 aliphatic rings. The average Bonchev–Trinajstić information content (AvgIpc) is 2.97. The highest BCUT2D eigenvalue weighted by Gasteiger charge is 2.42. The van der Waals surface area contributed by atoms with E-state index in [0.717, 1.165) is 42.9 Å². The van der Waals surface area contributed by atoms with Crippen molar-refractivity contribution < 1.29 is 9.90 Å². The zero-order valence-electron chi connectivity index (χ0n) is 11.6. The number of ketones is 1. The normalized spacial score (nSPS) is 30.8. The number of carbonyl (C=O) groups excluding carboxylic acids is 1. The van der Waals surface area contributed by atoms with Crippen LogP contribution in [0.15, 0.2) is 6.07 Å². The first-order chi connectivity index (χ1) is 9.04. The predicted molar refractivity (Wildman–Crippen MR) is 73.3 cm³/mol. The van der Waals surface area contributed by atoms with Gasteiger partial charge < -0.3 is 10.1 Å². The molecular weight excluding hydrogens is 240 g/mol. The van der Waals surface area contributed by atoms with Crippen molar-refractivity contribution in [3.63, 3.8) is 0 Å². The van der Waals surface area contributed by atoms with Gasteiger partial charge in [-0.3, -0.25) is 9.69 Å². The summed E-state index contributed by atoms with van der Waals surface area (Å²) in [6.45, 7) is 6.25. The summed E-state index contributed by atoms with van der Waals surface area (Å²) >= 11 is 0. The van der Waals surface area contributed by atoms with Crippen LogP contribution >= 0.6 is 0 Å². The fourth-order valence-corrected chi connectivity index (χ4v) is 3.76. The quantitative estimate of drug-likeness (QED) is 0.812. The van der Waals surface area contributed by atoms with E-state index in [2.05, 4.69) is 9.88 Å². The maximum Gasteiger partial charge on any atom is 0.178 e. The molecule has 4 heteroatoms. The minimum absolute atomic E-state index is 0.152. The van der Waals surface area contributed by atoms with Gasteiger partial charge in [0.1, 0.15) is 0 Å². The lowest BCUT2D eigenvalue weighted by molar-refractivity contribution is 0.0919. The molecule has 3 unspecified atom stereocenters. The molecular formula is C15H22N2O2. The smallest absolute Gasteiger partial charge is 0.178 e. The summed E-state index contributed by atoms with van der Waals surface area (Å²) < 4.78 is 0. The number of hydrogen-bond acceptors (Lipinski definition) is 3. The van der Waals surface area contributed by atoms with Crippen LogP contribution < -0.4 is 0 Å². The second kappa shape index (κ2) is 4.76. The Morgan fingerprint density at radius 3 is 2.84 bits per heavy atom. The first-order valence-electron chi connectivity index (χ1n) is 7.14. The molecule has 1 saturated heterocycles. The minimum Gasteiger partial charge on any atom is -0.393 e. The van der Waals surface area contributed by atoms with E-state index in [1.807, 2.05) is 19.9 Å². The molecule has 4 nitrogen and oxygen atoms in total. The Kier molecular flexibility index (Phi) is 3.23. The van der Waals surface area contributed by atoms with Gasteiger partial charge in [0.2, 0.25) is 0 Å². The molecule has 2 fully saturated rings. The number of rotatable bonds is 3. The number of H-pyrrole nitrogens is 1. The van der Waals surface area contributed by atoms with Gasteiger partial charge in [-0.2, -0.15) is 0 Å². The van der Waals surface area contributed by atoms with Crippen molar-refractivity contribution in [1.82, 2.24) is 9.88 Å². The van der Waals surface area contributed by atoms with Gasteiger partial charge in [-0.25, -0.2) is 0 Å². The minimum atomic E-state index is -0.152. The van der Waals surface area contributed by atoms with E-state index in [1.165, 1.54) is 0 Å². The summed E-state index contributed by atoms with van der Waals surface area (Å²) in [7, 11) is 0. The maximum absolute atomic E-state index is 12.3. The number of nitrogens with one attached hydrogen (secondary N) is 1. The largest absolute Gasteiger partial charge is 0.393 e. The van der Waals surface area contributed by atoms with E-state index in [4.69, 9.17) is 0 Å². The SMILES string of the molecule is Cc1cc(C(=O)CN2CC3CCC(O)C3C2)c(C)[nH]1. The third-order valence-electron chi connectivity index (χ3n) is 4.71. The van der Waals surface area contributed by atoms with Gasteiger partial charge in [-0.1, -0.05) is 0 Å². The van der Waals surface area contributed by atoms with E-state index in [0.29, 0.717) is 18.4 Å². The Morgan fingerprint density at radius 1 is 1.42 bits per heavy atom. The van der Waals surface area contributed by atoms with Gasteiger partial charge in [0.25, 0.3) is 0 Å². The molecule has 1 aliphatic carbocycles. The number of aliphatic hydroxyl groups excluding tert-OH is 1. The number of likely N-dealkylation sites (tertiary alicyclic amines) is 1. The zero-order valence-corrected chi connectivity index (χ0v) is 11.6. The molecule has 0 spiro atoms. The van der Waals surface area contributed by atoms with E-state index < -0.39 is 0 Å². The maximum atomic E-state index is 12.3. The third-order valence-corrected chi connectivity index (χ3v) is 4.71. The Balaban J connectivity index is 1.64. The number of nitrogens with zero attached hydrogens (tertiary/aromatic N) is 1. The summed E-state index contributed by atoms with van der Waals surface area (Å²) in [5, 5.41) is 9.90. The number of fused-ring (bicyclic) bond motifs is 1. The molecule has 3 rings (SSSR count). The Bertz CT molecular complexity index is 494. The highest BCUT2D eigenvalue weighted by Crippen LogP contribution is 2.37. The summed E-state index contributed by atoms with van der Waals surface area (Å²) in [6, 6.07) is 1.93. The molecule has 3 atom stereocenters. The van der Waals surface area contributed by atoms with Crippen molar-refractivity contribution >= 4 is 5.78 Å². The van der Waals surface area contributed by atoms with Crippen LogP contribution in [0.2, 0.25) is 0 Å². The van der Waals surface area contributed by atoms with Crippen LogP contribution in [0.4, 0.5) is 0 Å². The number of aryl methyl sites for hydroxylation is 2. The highest BCUT2D eigenvalue weighted by molar-refractivity contribution is 5.98. The van der Waals surface area contributed by atoms with E-state index in [9.17, 15) is 9.90 Å². The monoisotopic (exact) mass is 262 g/mol. The molecule has 19 heavy (non-hydrogen) atoms. The van der Waals surface area contributed by atoms with Gasteiger partial charge >= 0.3 is 0 Å². The number of aliphatic hydroxyl groups is 1. The first kappa shape index (κ1) is 12.9. The molecule has 2 N–H and O–H groups in total. The standard InChI is InChI=1S/C15H22N2O2/c1-9-5-12(10(2)16-9)15(19)8-17-6-11-3-4-14(18)13(11)7-17/h5,11,13-14,16,18H,3-4,6-8H2,1-2H3. The fourth-order valence-electron chi connectivity index (χ4n) is 3.76. The van der Waals surface area contributed by atoms with Gasteiger partial charge in [-0.05, 0) is 38.7 Å². The number of aromatic nitrogens is 1.